The summed E-state index contributed by atoms with van der Waals surface area (Å²) in [5.74, 6) is -1.92. The molecule has 0 saturated carbocycles. The number of carbonyl (C=O) groups is 3. The maximum atomic E-state index is 12.4. The minimum atomic E-state index is -0.872. The Labute approximate surface area is 230 Å². The molecule has 0 radical (unpaired) electrons. The molecule has 0 fully saturated rings. The molecule has 0 aromatic heterocycles. The van der Waals surface area contributed by atoms with E-state index in [0.29, 0.717) is 6.61 Å². The molecule has 0 rings (SSSR count). The Morgan fingerprint density at radius 1 is 0.579 bits per heavy atom. The number of carbonyl (C=O) groups excluding carboxylic acids is 5. The Bertz CT molecular complexity index is 674. The third-order valence-electron chi connectivity index (χ3n) is 7.14. The number of esters is 3. The fraction of sp³-hybridized carbons (Fsp3) is 0.867. The number of hydrogen-bond donors (Lipinski definition) is 0. The summed E-state index contributed by atoms with van der Waals surface area (Å²) in [6.07, 6.45) is 12.1. The fourth-order valence-corrected chi connectivity index (χ4v) is 5.01. The second-order valence-electron chi connectivity index (χ2n) is 11.0. The lowest BCUT2D eigenvalue weighted by Crippen LogP contribution is -2.39. The Kier molecular flexibility index (Phi) is 21.7. The van der Waals surface area contributed by atoms with Crippen molar-refractivity contribution in [2.45, 2.75) is 126 Å². The van der Waals surface area contributed by atoms with Gasteiger partial charge in [-0.25, -0.2) is 0 Å². The van der Waals surface area contributed by atoms with Crippen LogP contribution in [0.5, 0.6) is 0 Å². The van der Waals surface area contributed by atoms with Crippen molar-refractivity contribution in [1.29, 1.82) is 0 Å². The first-order chi connectivity index (χ1) is 17.9. The van der Waals surface area contributed by atoms with E-state index in [9.17, 15) is 14.4 Å². The third kappa shape index (κ3) is 15.9. The predicted octanol–water partition coefficient (Wildman–Crippen LogP) is 6.69. The third-order valence-corrected chi connectivity index (χ3v) is 7.14. The van der Waals surface area contributed by atoms with Gasteiger partial charge in [0.05, 0.1) is 25.7 Å². The van der Waals surface area contributed by atoms with E-state index in [1.807, 2.05) is 20.8 Å². The molecule has 0 saturated heterocycles. The van der Waals surface area contributed by atoms with Gasteiger partial charge in [0.25, 0.3) is 0 Å². The molecule has 1 atom stereocenters. The molecular weight excluding hydrogens is 488 g/mol. The van der Waals surface area contributed by atoms with Gasteiger partial charge in [0.2, 0.25) is 0 Å². The van der Waals surface area contributed by atoms with E-state index in [4.69, 9.17) is 23.8 Å². The van der Waals surface area contributed by atoms with Crippen LogP contribution in [0.25, 0.3) is 0 Å². The van der Waals surface area contributed by atoms with Crippen LogP contribution in [0.2, 0.25) is 0 Å². The zero-order valence-corrected chi connectivity index (χ0v) is 25.3. The van der Waals surface area contributed by atoms with Crippen molar-refractivity contribution in [2.75, 3.05) is 19.8 Å². The molecule has 8 nitrogen and oxygen atoms in total. The molecule has 0 spiro atoms. The molecule has 222 valence electrons. The SMILES string of the molecule is CCOC(=O)C(CC)C(C)(C)CCCCCCCCCCC(C)(C)C(C(=O)OCC)C(=O)OCC.O=C=O. The van der Waals surface area contributed by atoms with Gasteiger partial charge in [-0.3, -0.25) is 14.4 Å². The summed E-state index contributed by atoms with van der Waals surface area (Å²) >= 11 is 0. The van der Waals surface area contributed by atoms with E-state index in [2.05, 4.69) is 20.8 Å². The van der Waals surface area contributed by atoms with Gasteiger partial charge >= 0.3 is 24.1 Å². The summed E-state index contributed by atoms with van der Waals surface area (Å²) in [4.78, 5) is 53.3. The van der Waals surface area contributed by atoms with Crippen molar-refractivity contribution in [3.63, 3.8) is 0 Å². The summed E-state index contributed by atoms with van der Waals surface area (Å²) in [5.41, 5.74) is -0.524. The molecule has 0 aliphatic rings. The quantitative estimate of drug-likeness (QED) is 0.0724. The average Bonchev–Trinajstić information content (AvgIpc) is 2.81. The lowest BCUT2D eigenvalue weighted by molar-refractivity contribution is -0.192. The smallest absolute Gasteiger partial charge is 0.373 e. The first-order valence-electron chi connectivity index (χ1n) is 14.4. The summed E-state index contributed by atoms with van der Waals surface area (Å²) in [6.45, 7) is 16.7. The van der Waals surface area contributed by atoms with E-state index in [1.54, 1.807) is 13.8 Å². The second-order valence-corrected chi connectivity index (χ2v) is 11.0. The zero-order valence-electron chi connectivity index (χ0n) is 25.3. The minimum absolute atomic E-state index is 0.0287. The Morgan fingerprint density at radius 3 is 1.24 bits per heavy atom. The van der Waals surface area contributed by atoms with Crippen molar-refractivity contribution >= 4 is 24.1 Å². The van der Waals surface area contributed by atoms with E-state index < -0.39 is 23.3 Å². The predicted molar refractivity (Wildman–Crippen MR) is 146 cm³/mol. The number of ether oxygens (including phenoxy) is 3. The van der Waals surface area contributed by atoms with Gasteiger partial charge in [-0.1, -0.05) is 86.0 Å². The largest absolute Gasteiger partial charge is 0.466 e. The van der Waals surface area contributed by atoms with E-state index in [0.717, 1.165) is 44.9 Å². The van der Waals surface area contributed by atoms with Crippen LogP contribution in [0.15, 0.2) is 0 Å². The van der Waals surface area contributed by atoms with Gasteiger partial charge in [0, 0.05) is 0 Å². The molecule has 8 heteroatoms. The summed E-state index contributed by atoms with van der Waals surface area (Å²) in [6, 6.07) is 0. The highest BCUT2D eigenvalue weighted by Crippen LogP contribution is 2.36. The molecule has 0 amide bonds. The average molecular weight is 543 g/mol. The maximum absolute atomic E-state index is 12.4. The molecule has 0 bridgehead atoms. The van der Waals surface area contributed by atoms with Crippen molar-refractivity contribution in [1.82, 2.24) is 0 Å². The molecular formula is C30H54O8. The van der Waals surface area contributed by atoms with Crippen LogP contribution in [-0.2, 0) is 38.2 Å². The van der Waals surface area contributed by atoms with E-state index in [1.165, 1.54) is 25.7 Å². The van der Waals surface area contributed by atoms with Crippen LogP contribution in [-0.4, -0.2) is 43.9 Å². The van der Waals surface area contributed by atoms with Gasteiger partial charge in [-0.2, -0.15) is 9.59 Å². The molecule has 0 aromatic carbocycles. The van der Waals surface area contributed by atoms with Crippen molar-refractivity contribution in [3.8, 4) is 0 Å². The standard InChI is InChI=1S/C29H54O6.CO2/c1-9-23(25(30)33-10-2)28(5,6)21-19-17-15-13-14-16-18-20-22-29(7,8)24(26(31)34-11-3)27(32)35-12-4;2-1-3/h23-24H,9-22H2,1-8H3;. The first-order valence-corrected chi connectivity index (χ1v) is 14.4. The molecule has 0 aliphatic carbocycles. The normalized spacial score (nSPS) is 12.1. The fourth-order valence-electron chi connectivity index (χ4n) is 5.01. The number of hydrogen-bond acceptors (Lipinski definition) is 8. The van der Waals surface area contributed by atoms with Gasteiger partial charge in [0.15, 0.2) is 5.92 Å². The lowest BCUT2D eigenvalue weighted by Gasteiger charge is -2.32. The van der Waals surface area contributed by atoms with Crippen LogP contribution >= 0.6 is 0 Å². The van der Waals surface area contributed by atoms with Gasteiger partial charge in [0.1, 0.15) is 0 Å². The van der Waals surface area contributed by atoms with E-state index in [-0.39, 0.29) is 36.7 Å². The summed E-state index contributed by atoms with van der Waals surface area (Å²) in [7, 11) is 0. The molecule has 38 heavy (non-hydrogen) atoms. The summed E-state index contributed by atoms with van der Waals surface area (Å²) < 4.78 is 15.6. The zero-order chi connectivity index (χ0) is 29.6. The maximum Gasteiger partial charge on any atom is 0.373 e. The van der Waals surface area contributed by atoms with Crippen LogP contribution in [0.1, 0.15) is 126 Å². The lowest BCUT2D eigenvalue weighted by atomic mass is 9.73. The van der Waals surface area contributed by atoms with Crippen molar-refractivity contribution in [2.24, 2.45) is 22.7 Å². The van der Waals surface area contributed by atoms with Crippen LogP contribution in [0.4, 0.5) is 0 Å². The molecule has 0 N–H and O–H groups in total. The molecule has 0 aliphatic heterocycles. The Morgan fingerprint density at radius 2 is 0.895 bits per heavy atom. The topological polar surface area (TPSA) is 113 Å². The number of unbranched alkanes of at least 4 members (excludes halogenated alkanes) is 7. The second kappa shape index (κ2) is 21.7. The monoisotopic (exact) mass is 542 g/mol. The first kappa shape index (κ1) is 37.9. The van der Waals surface area contributed by atoms with Gasteiger partial charge in [-0.15, -0.1) is 0 Å². The number of rotatable bonds is 20. The minimum Gasteiger partial charge on any atom is -0.466 e. The molecule has 0 heterocycles. The Hall–Kier alpha value is -2.21. The van der Waals surface area contributed by atoms with E-state index >= 15 is 0 Å². The highest BCUT2D eigenvalue weighted by molar-refractivity contribution is 5.95. The van der Waals surface area contributed by atoms with Gasteiger partial charge in [-0.05, 0) is 50.9 Å². The molecule has 1 unspecified atom stereocenters. The highest BCUT2D eigenvalue weighted by atomic mass is 16.6. The molecule has 0 aromatic rings. The van der Waals surface area contributed by atoms with Crippen molar-refractivity contribution in [3.05, 3.63) is 0 Å². The van der Waals surface area contributed by atoms with Crippen LogP contribution in [0, 0.1) is 22.7 Å². The van der Waals surface area contributed by atoms with Crippen LogP contribution < -0.4 is 0 Å². The summed E-state index contributed by atoms with van der Waals surface area (Å²) in [5, 5.41) is 0. The highest BCUT2D eigenvalue weighted by Gasteiger charge is 2.42. The van der Waals surface area contributed by atoms with Crippen molar-refractivity contribution < 1.29 is 38.2 Å². The Balaban J connectivity index is 0. The van der Waals surface area contributed by atoms with Gasteiger partial charge < -0.3 is 14.2 Å². The van der Waals surface area contributed by atoms with Crippen LogP contribution in [0.3, 0.4) is 0 Å².